The van der Waals surface area contributed by atoms with Crippen molar-refractivity contribution in [3.63, 3.8) is 0 Å². The standard InChI is InChI=1S/C18H19ClO/c19-17-11-4-2-7-14(17)12-18(20)16-10-5-8-13-6-1-3-9-15(13)16/h1-4,6-7,9,11,16,18,20H,5,8,10,12H2. The molecule has 0 saturated heterocycles. The second kappa shape index (κ2) is 5.99. The Morgan fingerprint density at radius 2 is 1.85 bits per heavy atom. The van der Waals surface area contributed by atoms with E-state index in [-0.39, 0.29) is 12.0 Å². The summed E-state index contributed by atoms with van der Waals surface area (Å²) in [5.74, 6) is 0.233. The number of aliphatic hydroxyl groups is 1. The minimum Gasteiger partial charge on any atom is -0.392 e. The van der Waals surface area contributed by atoms with Gasteiger partial charge >= 0.3 is 0 Å². The fourth-order valence-corrected chi connectivity index (χ4v) is 3.44. The highest BCUT2D eigenvalue weighted by molar-refractivity contribution is 6.31. The molecule has 104 valence electrons. The van der Waals surface area contributed by atoms with Gasteiger partial charge in [-0.25, -0.2) is 0 Å². The maximum atomic E-state index is 10.6. The third kappa shape index (κ3) is 2.74. The van der Waals surface area contributed by atoms with E-state index in [1.165, 1.54) is 11.1 Å². The third-order valence-electron chi connectivity index (χ3n) is 4.27. The molecular formula is C18H19ClO. The number of hydrogen-bond acceptors (Lipinski definition) is 1. The molecule has 2 atom stereocenters. The normalized spacial score (nSPS) is 19.4. The van der Waals surface area contributed by atoms with E-state index < -0.39 is 0 Å². The van der Waals surface area contributed by atoms with Gasteiger partial charge in [0.15, 0.2) is 0 Å². The van der Waals surface area contributed by atoms with Crippen LogP contribution in [0.2, 0.25) is 5.02 Å². The molecule has 1 nitrogen and oxygen atoms in total. The minimum atomic E-state index is -0.364. The van der Waals surface area contributed by atoms with Crippen LogP contribution < -0.4 is 0 Å². The molecule has 3 rings (SSSR count). The van der Waals surface area contributed by atoms with E-state index >= 15 is 0 Å². The van der Waals surface area contributed by atoms with Gasteiger partial charge in [-0.15, -0.1) is 0 Å². The molecule has 0 aromatic heterocycles. The predicted molar refractivity (Wildman–Crippen MR) is 83.3 cm³/mol. The van der Waals surface area contributed by atoms with Crippen LogP contribution in [-0.4, -0.2) is 11.2 Å². The number of hydrogen-bond donors (Lipinski definition) is 1. The summed E-state index contributed by atoms with van der Waals surface area (Å²) in [6, 6.07) is 16.3. The fraction of sp³-hybridized carbons (Fsp3) is 0.333. The molecule has 1 N–H and O–H groups in total. The van der Waals surface area contributed by atoms with Crippen molar-refractivity contribution in [2.75, 3.05) is 0 Å². The molecule has 0 heterocycles. The topological polar surface area (TPSA) is 20.2 Å². The third-order valence-corrected chi connectivity index (χ3v) is 4.64. The van der Waals surface area contributed by atoms with Crippen LogP contribution in [0.1, 0.15) is 35.4 Å². The largest absolute Gasteiger partial charge is 0.392 e. The lowest BCUT2D eigenvalue weighted by Crippen LogP contribution is -2.25. The van der Waals surface area contributed by atoms with Crippen molar-refractivity contribution in [1.29, 1.82) is 0 Å². The molecule has 2 unspecified atom stereocenters. The van der Waals surface area contributed by atoms with Crippen LogP contribution in [0.5, 0.6) is 0 Å². The highest BCUT2D eigenvalue weighted by atomic mass is 35.5. The summed E-state index contributed by atoms with van der Waals surface area (Å²) in [6.07, 6.45) is 3.60. The molecular weight excluding hydrogens is 268 g/mol. The molecule has 0 radical (unpaired) electrons. The van der Waals surface area contributed by atoms with Crippen molar-refractivity contribution in [1.82, 2.24) is 0 Å². The van der Waals surface area contributed by atoms with Gasteiger partial charge in [0, 0.05) is 17.4 Å². The monoisotopic (exact) mass is 286 g/mol. The van der Waals surface area contributed by atoms with Crippen LogP contribution in [0.25, 0.3) is 0 Å². The van der Waals surface area contributed by atoms with Gasteiger partial charge in [0.25, 0.3) is 0 Å². The molecule has 1 aliphatic carbocycles. The summed E-state index contributed by atoms with van der Waals surface area (Å²) >= 11 is 6.20. The second-order valence-electron chi connectivity index (χ2n) is 5.56. The zero-order valence-corrected chi connectivity index (χ0v) is 12.2. The summed E-state index contributed by atoms with van der Waals surface area (Å²) in [6.45, 7) is 0. The van der Waals surface area contributed by atoms with Gasteiger partial charge in [0.1, 0.15) is 0 Å². The van der Waals surface area contributed by atoms with E-state index in [9.17, 15) is 5.11 Å². The van der Waals surface area contributed by atoms with E-state index in [1.807, 2.05) is 24.3 Å². The molecule has 2 heteroatoms. The second-order valence-corrected chi connectivity index (χ2v) is 5.97. The highest BCUT2D eigenvalue weighted by Gasteiger charge is 2.26. The maximum absolute atomic E-state index is 10.6. The van der Waals surface area contributed by atoms with E-state index in [0.717, 1.165) is 29.8 Å². The smallest absolute Gasteiger partial charge is 0.0649 e. The number of halogens is 1. The Morgan fingerprint density at radius 3 is 2.70 bits per heavy atom. The highest BCUT2D eigenvalue weighted by Crippen LogP contribution is 2.35. The van der Waals surface area contributed by atoms with Crippen LogP contribution in [0.4, 0.5) is 0 Å². The number of aryl methyl sites for hydroxylation is 1. The molecule has 1 aliphatic rings. The Balaban J connectivity index is 1.82. The summed E-state index contributed by atoms with van der Waals surface area (Å²) < 4.78 is 0. The first-order chi connectivity index (χ1) is 9.75. The van der Waals surface area contributed by atoms with Crippen molar-refractivity contribution in [3.8, 4) is 0 Å². The summed E-state index contributed by atoms with van der Waals surface area (Å²) in [5.41, 5.74) is 3.74. The number of benzene rings is 2. The number of rotatable bonds is 3. The molecule has 0 bridgehead atoms. The minimum absolute atomic E-state index is 0.233. The Morgan fingerprint density at radius 1 is 1.10 bits per heavy atom. The van der Waals surface area contributed by atoms with Crippen LogP contribution in [0.15, 0.2) is 48.5 Å². The average Bonchev–Trinajstić information content (AvgIpc) is 2.49. The molecule has 20 heavy (non-hydrogen) atoms. The summed E-state index contributed by atoms with van der Waals surface area (Å²) in [5, 5.41) is 11.4. The number of aliphatic hydroxyl groups excluding tert-OH is 1. The van der Waals surface area contributed by atoms with Crippen molar-refractivity contribution < 1.29 is 5.11 Å². The Labute approximate surface area is 125 Å². The summed E-state index contributed by atoms with van der Waals surface area (Å²) in [4.78, 5) is 0. The van der Waals surface area contributed by atoms with Gasteiger partial charge in [-0.05, 0) is 42.0 Å². The van der Waals surface area contributed by atoms with Gasteiger partial charge < -0.3 is 5.11 Å². The Bertz CT molecular complexity index is 593. The Hall–Kier alpha value is -1.31. The van der Waals surface area contributed by atoms with Crippen molar-refractivity contribution >= 4 is 11.6 Å². The van der Waals surface area contributed by atoms with E-state index in [4.69, 9.17) is 11.6 Å². The number of fused-ring (bicyclic) bond motifs is 1. The quantitative estimate of drug-likeness (QED) is 0.889. The summed E-state index contributed by atoms with van der Waals surface area (Å²) in [7, 11) is 0. The van der Waals surface area contributed by atoms with Crippen molar-refractivity contribution in [2.24, 2.45) is 0 Å². The molecule has 0 fully saturated rings. The van der Waals surface area contributed by atoms with Gasteiger partial charge in [0.05, 0.1) is 6.10 Å². The molecule has 0 amide bonds. The van der Waals surface area contributed by atoms with Crippen LogP contribution in [0.3, 0.4) is 0 Å². The van der Waals surface area contributed by atoms with E-state index in [2.05, 4.69) is 24.3 Å². The average molecular weight is 287 g/mol. The van der Waals surface area contributed by atoms with Crippen LogP contribution >= 0.6 is 11.6 Å². The Kier molecular flexibility index (Phi) is 4.09. The van der Waals surface area contributed by atoms with E-state index in [1.54, 1.807) is 0 Å². The molecule has 2 aromatic rings. The predicted octanol–water partition coefficient (Wildman–Crippen LogP) is 4.36. The van der Waals surface area contributed by atoms with Crippen molar-refractivity contribution in [3.05, 3.63) is 70.2 Å². The first-order valence-electron chi connectivity index (χ1n) is 7.25. The van der Waals surface area contributed by atoms with Gasteiger partial charge in [-0.3, -0.25) is 0 Å². The van der Waals surface area contributed by atoms with Gasteiger partial charge in [-0.1, -0.05) is 54.1 Å². The molecule has 0 spiro atoms. The van der Waals surface area contributed by atoms with E-state index in [0.29, 0.717) is 6.42 Å². The lowest BCUT2D eigenvalue weighted by atomic mass is 9.78. The first kappa shape index (κ1) is 13.7. The van der Waals surface area contributed by atoms with Gasteiger partial charge in [-0.2, -0.15) is 0 Å². The molecule has 0 saturated carbocycles. The van der Waals surface area contributed by atoms with Crippen molar-refractivity contribution in [2.45, 2.75) is 37.7 Å². The SMILES string of the molecule is OC(Cc1ccccc1Cl)C1CCCc2ccccc21. The maximum Gasteiger partial charge on any atom is 0.0649 e. The lowest BCUT2D eigenvalue weighted by Gasteiger charge is -2.29. The zero-order chi connectivity index (χ0) is 13.9. The first-order valence-corrected chi connectivity index (χ1v) is 7.63. The molecule has 0 aliphatic heterocycles. The molecule has 2 aromatic carbocycles. The van der Waals surface area contributed by atoms with Gasteiger partial charge in [0.2, 0.25) is 0 Å². The fourth-order valence-electron chi connectivity index (χ4n) is 3.22. The van der Waals surface area contributed by atoms with Crippen LogP contribution in [0, 0.1) is 0 Å². The van der Waals surface area contributed by atoms with Crippen LogP contribution in [-0.2, 0) is 12.8 Å². The lowest BCUT2D eigenvalue weighted by molar-refractivity contribution is 0.134. The zero-order valence-electron chi connectivity index (χ0n) is 11.4.